The second kappa shape index (κ2) is 4.36. The maximum Gasteiger partial charge on any atom is 0.168 e. The van der Waals surface area contributed by atoms with E-state index in [0.29, 0.717) is 5.56 Å². The Morgan fingerprint density at radius 2 is 1.94 bits per heavy atom. The van der Waals surface area contributed by atoms with Crippen molar-refractivity contribution in [2.24, 2.45) is 5.41 Å². The van der Waals surface area contributed by atoms with E-state index in [2.05, 4.69) is 0 Å². The standard InChI is InChI=1S/C14H17FO/c1-14(8-3-2-4-9-14)13(16)11-6-5-7-12(15)10-11/h5-7,10H,2-4,8-9H2,1H3. The van der Waals surface area contributed by atoms with Crippen LogP contribution in [0.15, 0.2) is 24.3 Å². The molecule has 2 heteroatoms. The van der Waals surface area contributed by atoms with Gasteiger partial charge in [-0.15, -0.1) is 0 Å². The van der Waals surface area contributed by atoms with Crippen molar-refractivity contribution in [3.8, 4) is 0 Å². The summed E-state index contributed by atoms with van der Waals surface area (Å²) >= 11 is 0. The van der Waals surface area contributed by atoms with E-state index >= 15 is 0 Å². The highest BCUT2D eigenvalue weighted by Gasteiger charge is 2.34. The third kappa shape index (κ3) is 2.16. The number of rotatable bonds is 2. The lowest BCUT2D eigenvalue weighted by Crippen LogP contribution is -2.30. The van der Waals surface area contributed by atoms with Crippen LogP contribution in [0.4, 0.5) is 4.39 Å². The largest absolute Gasteiger partial charge is 0.294 e. The number of carbonyl (C=O) groups is 1. The first kappa shape index (κ1) is 11.3. The van der Waals surface area contributed by atoms with Gasteiger partial charge in [0.15, 0.2) is 5.78 Å². The van der Waals surface area contributed by atoms with Crippen molar-refractivity contribution in [1.82, 2.24) is 0 Å². The Morgan fingerprint density at radius 1 is 1.25 bits per heavy atom. The van der Waals surface area contributed by atoms with Gasteiger partial charge in [-0.3, -0.25) is 4.79 Å². The Bertz CT molecular complexity index is 391. The average Bonchev–Trinajstić information content (AvgIpc) is 2.29. The van der Waals surface area contributed by atoms with Gasteiger partial charge in [-0.1, -0.05) is 38.3 Å². The lowest BCUT2D eigenvalue weighted by atomic mass is 9.71. The van der Waals surface area contributed by atoms with Crippen LogP contribution < -0.4 is 0 Å². The quantitative estimate of drug-likeness (QED) is 0.689. The first-order chi connectivity index (χ1) is 7.62. The van der Waals surface area contributed by atoms with Crippen LogP contribution in [0.3, 0.4) is 0 Å². The molecule has 0 unspecified atom stereocenters. The minimum absolute atomic E-state index is 0.103. The van der Waals surface area contributed by atoms with Crippen LogP contribution in [0.25, 0.3) is 0 Å². The van der Waals surface area contributed by atoms with Crippen molar-refractivity contribution in [2.45, 2.75) is 39.0 Å². The molecule has 0 saturated heterocycles. The molecule has 0 spiro atoms. The molecule has 1 aliphatic rings. The molecule has 1 nitrogen and oxygen atoms in total. The summed E-state index contributed by atoms with van der Waals surface area (Å²) in [6, 6.07) is 6.04. The van der Waals surface area contributed by atoms with Crippen molar-refractivity contribution in [2.75, 3.05) is 0 Å². The van der Waals surface area contributed by atoms with E-state index in [-0.39, 0.29) is 17.0 Å². The van der Waals surface area contributed by atoms with E-state index in [1.807, 2.05) is 6.92 Å². The van der Waals surface area contributed by atoms with Gasteiger partial charge in [-0.05, 0) is 25.0 Å². The number of hydrogen-bond acceptors (Lipinski definition) is 1. The van der Waals surface area contributed by atoms with E-state index in [0.717, 1.165) is 25.7 Å². The predicted molar refractivity (Wildman–Crippen MR) is 61.9 cm³/mol. The number of ketones is 1. The molecule has 0 bridgehead atoms. The van der Waals surface area contributed by atoms with Crippen LogP contribution in [0.2, 0.25) is 0 Å². The zero-order valence-corrected chi connectivity index (χ0v) is 9.63. The van der Waals surface area contributed by atoms with E-state index < -0.39 is 0 Å². The van der Waals surface area contributed by atoms with Gasteiger partial charge < -0.3 is 0 Å². The number of halogens is 1. The molecule has 0 N–H and O–H groups in total. The maximum atomic E-state index is 13.1. The Morgan fingerprint density at radius 3 is 2.56 bits per heavy atom. The lowest BCUT2D eigenvalue weighted by Gasteiger charge is -2.32. The molecule has 1 saturated carbocycles. The van der Waals surface area contributed by atoms with E-state index in [9.17, 15) is 9.18 Å². The molecule has 0 amide bonds. The summed E-state index contributed by atoms with van der Waals surface area (Å²) in [6.45, 7) is 2.01. The first-order valence-corrected chi connectivity index (χ1v) is 5.92. The third-order valence-electron chi connectivity index (χ3n) is 3.59. The van der Waals surface area contributed by atoms with Crippen LogP contribution in [-0.4, -0.2) is 5.78 Å². The predicted octanol–water partition coefficient (Wildman–Crippen LogP) is 3.98. The molecule has 0 atom stereocenters. The highest BCUT2D eigenvalue weighted by molar-refractivity contribution is 6.00. The monoisotopic (exact) mass is 220 g/mol. The Labute approximate surface area is 95.7 Å². The molecule has 0 aromatic heterocycles. The molecule has 1 fully saturated rings. The minimum atomic E-state index is -0.328. The van der Waals surface area contributed by atoms with Gasteiger partial charge >= 0.3 is 0 Å². The van der Waals surface area contributed by atoms with Gasteiger partial charge in [-0.2, -0.15) is 0 Å². The van der Waals surface area contributed by atoms with Crippen molar-refractivity contribution >= 4 is 5.78 Å². The fourth-order valence-corrected chi connectivity index (χ4v) is 2.54. The lowest BCUT2D eigenvalue weighted by molar-refractivity contribution is 0.0749. The molecule has 1 aromatic carbocycles. The zero-order valence-electron chi connectivity index (χ0n) is 9.63. The SMILES string of the molecule is CC1(C(=O)c2cccc(F)c2)CCCCC1. The third-order valence-corrected chi connectivity index (χ3v) is 3.59. The van der Waals surface area contributed by atoms with Gasteiger partial charge in [-0.25, -0.2) is 4.39 Å². The number of hydrogen-bond donors (Lipinski definition) is 0. The molecule has 0 radical (unpaired) electrons. The maximum absolute atomic E-state index is 13.1. The van der Waals surface area contributed by atoms with Crippen molar-refractivity contribution in [3.63, 3.8) is 0 Å². The summed E-state index contributed by atoms with van der Waals surface area (Å²) in [5, 5.41) is 0. The smallest absolute Gasteiger partial charge is 0.168 e. The fraction of sp³-hybridized carbons (Fsp3) is 0.500. The second-order valence-corrected chi connectivity index (χ2v) is 4.96. The minimum Gasteiger partial charge on any atom is -0.294 e. The Balaban J connectivity index is 2.24. The molecule has 0 heterocycles. The molecule has 1 aliphatic carbocycles. The highest BCUT2D eigenvalue weighted by atomic mass is 19.1. The molecule has 16 heavy (non-hydrogen) atoms. The van der Waals surface area contributed by atoms with Gasteiger partial charge in [0.05, 0.1) is 0 Å². The number of Topliss-reactive ketones (excluding diaryl/α,β-unsaturated/α-hetero) is 1. The van der Waals surface area contributed by atoms with Crippen LogP contribution in [0, 0.1) is 11.2 Å². The Kier molecular flexibility index (Phi) is 3.08. The van der Waals surface area contributed by atoms with Gasteiger partial charge in [0.2, 0.25) is 0 Å². The summed E-state index contributed by atoms with van der Waals surface area (Å²) in [6.07, 6.45) is 5.30. The van der Waals surface area contributed by atoms with E-state index in [1.54, 1.807) is 12.1 Å². The van der Waals surface area contributed by atoms with Crippen molar-refractivity contribution < 1.29 is 9.18 Å². The highest BCUT2D eigenvalue weighted by Crippen LogP contribution is 2.38. The van der Waals surface area contributed by atoms with Gasteiger partial charge in [0, 0.05) is 11.0 Å². The summed E-state index contributed by atoms with van der Waals surface area (Å²) in [5.74, 6) is -0.225. The number of carbonyl (C=O) groups excluding carboxylic acids is 1. The molecule has 0 aliphatic heterocycles. The number of benzene rings is 1. The molecular weight excluding hydrogens is 203 g/mol. The van der Waals surface area contributed by atoms with Crippen LogP contribution in [0.1, 0.15) is 49.4 Å². The average molecular weight is 220 g/mol. The molecular formula is C14H17FO. The summed E-state index contributed by atoms with van der Waals surface area (Å²) in [7, 11) is 0. The van der Waals surface area contributed by atoms with Crippen molar-refractivity contribution in [3.05, 3.63) is 35.6 Å². The zero-order chi connectivity index (χ0) is 11.6. The summed E-state index contributed by atoms with van der Waals surface area (Å²) in [4.78, 5) is 12.3. The second-order valence-electron chi connectivity index (χ2n) is 4.96. The van der Waals surface area contributed by atoms with E-state index in [4.69, 9.17) is 0 Å². The fourth-order valence-electron chi connectivity index (χ4n) is 2.54. The molecule has 2 rings (SSSR count). The van der Waals surface area contributed by atoms with Crippen LogP contribution in [0.5, 0.6) is 0 Å². The molecule has 86 valence electrons. The Hall–Kier alpha value is -1.18. The van der Waals surface area contributed by atoms with E-state index in [1.165, 1.54) is 18.6 Å². The van der Waals surface area contributed by atoms with Crippen LogP contribution in [-0.2, 0) is 0 Å². The topological polar surface area (TPSA) is 17.1 Å². The normalized spacial score (nSPS) is 19.4. The summed E-state index contributed by atoms with van der Waals surface area (Å²) < 4.78 is 13.1. The van der Waals surface area contributed by atoms with Gasteiger partial charge in [0.25, 0.3) is 0 Å². The first-order valence-electron chi connectivity index (χ1n) is 5.92. The summed E-state index contributed by atoms with van der Waals surface area (Å²) in [5.41, 5.74) is 0.246. The van der Waals surface area contributed by atoms with Crippen molar-refractivity contribution in [1.29, 1.82) is 0 Å². The van der Waals surface area contributed by atoms with Crippen LogP contribution >= 0.6 is 0 Å². The van der Waals surface area contributed by atoms with Gasteiger partial charge in [0.1, 0.15) is 5.82 Å². The molecule has 1 aromatic rings.